The highest BCUT2D eigenvalue weighted by Crippen LogP contribution is 2.18. The highest BCUT2D eigenvalue weighted by Gasteiger charge is 1.95. The van der Waals surface area contributed by atoms with Crippen LogP contribution in [0.2, 0.25) is 0 Å². The average Bonchev–Trinajstić information content (AvgIpc) is 3.07. The fourth-order valence-electron chi connectivity index (χ4n) is 1.22. The molecule has 1 aromatic carbocycles. The van der Waals surface area contributed by atoms with Crippen molar-refractivity contribution in [1.29, 1.82) is 0 Å². The molecule has 0 fully saturated rings. The summed E-state index contributed by atoms with van der Waals surface area (Å²) < 4.78 is 5.22. The lowest BCUT2D eigenvalue weighted by Crippen LogP contribution is -1.69. The minimum atomic E-state index is 0.922. The third kappa shape index (κ3) is 3.07. The van der Waals surface area contributed by atoms with Gasteiger partial charge in [0.15, 0.2) is 0 Å². The number of rotatable bonds is 1. The fourth-order valence-corrected chi connectivity index (χ4v) is 1.57. The van der Waals surface area contributed by atoms with Gasteiger partial charge in [-0.1, -0.05) is 30.3 Å². The first-order valence-electron chi connectivity index (χ1n) is 4.88. The Morgan fingerprint density at radius 3 is 2.38 bits per heavy atom. The molecule has 3 rings (SSSR count). The van der Waals surface area contributed by atoms with Crippen LogP contribution in [0.5, 0.6) is 0 Å². The molecule has 2 heterocycles. The van der Waals surface area contributed by atoms with Crippen molar-refractivity contribution in [3.8, 4) is 11.3 Å². The molecular weight excluding hydrogens is 218 g/mol. The van der Waals surface area contributed by atoms with Gasteiger partial charge in [0.25, 0.3) is 0 Å². The Hall–Kier alpha value is -1.87. The topological polar surface area (TPSA) is 26.0 Å². The smallest absolute Gasteiger partial charge is 0.133 e. The molecule has 0 spiro atoms. The molecule has 0 radical (unpaired) electrons. The van der Waals surface area contributed by atoms with E-state index in [1.807, 2.05) is 47.8 Å². The lowest BCUT2D eigenvalue weighted by Gasteiger charge is -1.92. The molecule has 3 heteroatoms. The lowest BCUT2D eigenvalue weighted by atomic mass is 10.2. The Bertz CT molecular complexity index is 457. The van der Waals surface area contributed by atoms with E-state index < -0.39 is 0 Å². The van der Waals surface area contributed by atoms with Crippen LogP contribution in [-0.4, -0.2) is 4.98 Å². The van der Waals surface area contributed by atoms with Crippen molar-refractivity contribution in [3.05, 3.63) is 65.8 Å². The maximum atomic E-state index is 5.22. The SMILES string of the molecule is c1ccc(-c2ccco2)cc1.c1cscn1. The average molecular weight is 229 g/mol. The van der Waals surface area contributed by atoms with E-state index in [-0.39, 0.29) is 0 Å². The number of benzene rings is 1. The summed E-state index contributed by atoms with van der Waals surface area (Å²) in [7, 11) is 0. The second-order valence-electron chi connectivity index (χ2n) is 3.02. The van der Waals surface area contributed by atoms with Crippen LogP contribution < -0.4 is 0 Å². The predicted octanol–water partition coefficient (Wildman–Crippen LogP) is 4.09. The molecule has 0 amide bonds. The molecule has 0 aliphatic heterocycles. The number of hydrogen-bond acceptors (Lipinski definition) is 3. The van der Waals surface area contributed by atoms with Gasteiger partial charge in [-0.05, 0) is 12.1 Å². The first-order chi connectivity index (χ1) is 7.97. The largest absolute Gasteiger partial charge is 0.464 e. The van der Waals surface area contributed by atoms with Crippen molar-refractivity contribution in [2.75, 3.05) is 0 Å². The molecule has 3 aromatic rings. The van der Waals surface area contributed by atoms with Gasteiger partial charge in [0, 0.05) is 17.1 Å². The van der Waals surface area contributed by atoms with Crippen molar-refractivity contribution in [2.24, 2.45) is 0 Å². The summed E-state index contributed by atoms with van der Waals surface area (Å²) in [5, 5.41) is 1.93. The molecule has 0 saturated heterocycles. The quantitative estimate of drug-likeness (QED) is 0.628. The monoisotopic (exact) mass is 229 g/mol. The second-order valence-corrected chi connectivity index (χ2v) is 3.77. The molecule has 0 bridgehead atoms. The number of aromatic nitrogens is 1. The van der Waals surface area contributed by atoms with Crippen LogP contribution >= 0.6 is 11.3 Å². The summed E-state index contributed by atoms with van der Waals surface area (Å²) in [5.74, 6) is 0.922. The van der Waals surface area contributed by atoms with Gasteiger partial charge >= 0.3 is 0 Å². The van der Waals surface area contributed by atoms with E-state index in [0.717, 1.165) is 11.3 Å². The zero-order valence-corrected chi connectivity index (χ0v) is 9.43. The summed E-state index contributed by atoms with van der Waals surface area (Å²) in [6, 6.07) is 13.9. The minimum Gasteiger partial charge on any atom is -0.464 e. The minimum absolute atomic E-state index is 0.922. The van der Waals surface area contributed by atoms with Gasteiger partial charge in [-0.25, -0.2) is 0 Å². The van der Waals surface area contributed by atoms with E-state index in [1.54, 1.807) is 29.3 Å². The highest BCUT2D eigenvalue weighted by atomic mass is 32.1. The third-order valence-corrected chi connectivity index (χ3v) is 2.45. The molecule has 0 saturated carbocycles. The summed E-state index contributed by atoms with van der Waals surface area (Å²) in [4.78, 5) is 3.74. The van der Waals surface area contributed by atoms with Gasteiger partial charge in [-0.2, -0.15) is 0 Å². The number of furan rings is 1. The van der Waals surface area contributed by atoms with Gasteiger partial charge < -0.3 is 4.42 Å². The second kappa shape index (κ2) is 5.88. The highest BCUT2D eigenvalue weighted by molar-refractivity contribution is 7.07. The van der Waals surface area contributed by atoms with E-state index in [0.29, 0.717) is 0 Å². The Balaban J connectivity index is 0.000000162. The third-order valence-electron chi connectivity index (χ3n) is 1.93. The van der Waals surface area contributed by atoms with Crippen molar-refractivity contribution >= 4 is 11.3 Å². The fraction of sp³-hybridized carbons (Fsp3) is 0. The Morgan fingerprint density at radius 2 is 1.88 bits per heavy atom. The van der Waals surface area contributed by atoms with Crippen LogP contribution in [0.25, 0.3) is 11.3 Å². The maximum Gasteiger partial charge on any atom is 0.133 e. The Morgan fingerprint density at radius 1 is 1.00 bits per heavy atom. The van der Waals surface area contributed by atoms with Crippen LogP contribution in [0.4, 0.5) is 0 Å². The first kappa shape index (κ1) is 10.6. The molecule has 0 atom stereocenters. The number of nitrogens with zero attached hydrogens (tertiary/aromatic N) is 1. The van der Waals surface area contributed by atoms with Crippen LogP contribution in [0, 0.1) is 0 Å². The maximum absolute atomic E-state index is 5.22. The molecular formula is C13H11NOS. The summed E-state index contributed by atoms with van der Waals surface area (Å²) in [5.41, 5.74) is 2.91. The van der Waals surface area contributed by atoms with Crippen molar-refractivity contribution in [2.45, 2.75) is 0 Å². The predicted molar refractivity (Wildman–Crippen MR) is 66.3 cm³/mol. The molecule has 16 heavy (non-hydrogen) atoms. The van der Waals surface area contributed by atoms with E-state index in [1.165, 1.54) is 0 Å². The van der Waals surface area contributed by atoms with E-state index >= 15 is 0 Å². The zero-order chi connectivity index (χ0) is 11.1. The van der Waals surface area contributed by atoms with Crippen LogP contribution in [0.1, 0.15) is 0 Å². The lowest BCUT2D eigenvalue weighted by molar-refractivity contribution is 0.582. The number of thiazole rings is 1. The van der Waals surface area contributed by atoms with Gasteiger partial charge in [-0.15, -0.1) is 11.3 Å². The molecule has 0 aliphatic rings. The number of hydrogen-bond donors (Lipinski definition) is 0. The Labute approximate surface area is 98.2 Å². The zero-order valence-electron chi connectivity index (χ0n) is 8.61. The van der Waals surface area contributed by atoms with Gasteiger partial charge in [0.2, 0.25) is 0 Å². The first-order valence-corrected chi connectivity index (χ1v) is 5.82. The van der Waals surface area contributed by atoms with Gasteiger partial charge in [-0.3, -0.25) is 4.98 Å². The van der Waals surface area contributed by atoms with Crippen molar-refractivity contribution in [1.82, 2.24) is 4.98 Å². The summed E-state index contributed by atoms with van der Waals surface area (Å²) >= 11 is 1.60. The van der Waals surface area contributed by atoms with E-state index in [4.69, 9.17) is 4.42 Å². The summed E-state index contributed by atoms with van der Waals surface area (Å²) in [6.07, 6.45) is 3.45. The van der Waals surface area contributed by atoms with Gasteiger partial charge in [0.1, 0.15) is 5.76 Å². The molecule has 2 nitrogen and oxygen atoms in total. The van der Waals surface area contributed by atoms with E-state index in [9.17, 15) is 0 Å². The Kier molecular flexibility index (Phi) is 3.91. The normalized spacial score (nSPS) is 9.25. The molecule has 0 unspecified atom stereocenters. The van der Waals surface area contributed by atoms with Crippen LogP contribution in [0.15, 0.2) is 70.2 Å². The van der Waals surface area contributed by atoms with E-state index in [2.05, 4.69) is 4.98 Å². The molecule has 0 N–H and O–H groups in total. The van der Waals surface area contributed by atoms with Crippen LogP contribution in [0.3, 0.4) is 0 Å². The van der Waals surface area contributed by atoms with Crippen LogP contribution in [-0.2, 0) is 0 Å². The van der Waals surface area contributed by atoms with Gasteiger partial charge in [0.05, 0.1) is 11.8 Å². The molecule has 0 aliphatic carbocycles. The van der Waals surface area contributed by atoms with Crippen molar-refractivity contribution in [3.63, 3.8) is 0 Å². The standard InChI is InChI=1S/C10H8O.C3H3NS/c1-2-5-9(6-3-1)10-7-4-8-11-10;1-2-5-3-4-1/h1-8H;1-3H. The summed E-state index contributed by atoms with van der Waals surface area (Å²) in [6.45, 7) is 0. The molecule has 80 valence electrons. The van der Waals surface area contributed by atoms with Crippen molar-refractivity contribution < 1.29 is 4.42 Å². The molecule has 2 aromatic heterocycles.